The lowest BCUT2D eigenvalue weighted by Gasteiger charge is -2.40. The molecular weight excluding hydrogens is 448 g/mol. The molecule has 0 spiro atoms. The topological polar surface area (TPSA) is 58.1 Å². The van der Waals surface area contributed by atoms with E-state index in [4.69, 9.17) is 9.47 Å². The Hall–Kier alpha value is -3.10. The normalized spacial score (nSPS) is 18.5. The summed E-state index contributed by atoms with van der Waals surface area (Å²) in [7, 11) is 3.33. The molecule has 0 saturated carbocycles. The van der Waals surface area contributed by atoms with Gasteiger partial charge in [0, 0.05) is 43.8 Å². The number of hydrogen-bond acceptors (Lipinski definition) is 7. The minimum absolute atomic E-state index is 0.0299. The maximum atomic E-state index is 13.4. The van der Waals surface area contributed by atoms with Gasteiger partial charge in [-0.2, -0.15) is 0 Å². The molecule has 5 rings (SSSR count). The molecule has 2 aliphatic rings. The highest BCUT2D eigenvalue weighted by Gasteiger charge is 2.33. The molecular formula is C26H30N4O3S. The Labute approximate surface area is 204 Å². The molecule has 1 fully saturated rings. The van der Waals surface area contributed by atoms with E-state index in [1.54, 1.807) is 25.6 Å². The minimum atomic E-state index is 0.0299. The molecule has 0 N–H and O–H groups in total. The van der Waals surface area contributed by atoms with Crippen LogP contribution in [0.2, 0.25) is 0 Å². The molecule has 0 unspecified atom stereocenters. The number of rotatable bonds is 6. The zero-order valence-corrected chi connectivity index (χ0v) is 20.5. The first-order valence-corrected chi connectivity index (χ1v) is 12.5. The monoisotopic (exact) mass is 478 g/mol. The Bertz CT molecular complexity index is 1110. The van der Waals surface area contributed by atoms with Crippen LogP contribution >= 0.6 is 11.3 Å². The number of pyridine rings is 1. The molecule has 2 aromatic heterocycles. The van der Waals surface area contributed by atoms with Gasteiger partial charge in [0.2, 0.25) is 5.91 Å². The average molecular weight is 479 g/mol. The van der Waals surface area contributed by atoms with Crippen LogP contribution in [-0.4, -0.2) is 74.2 Å². The van der Waals surface area contributed by atoms with Crippen molar-refractivity contribution >= 4 is 23.1 Å². The van der Waals surface area contributed by atoms with Gasteiger partial charge in [-0.05, 0) is 53.3 Å². The van der Waals surface area contributed by atoms with Gasteiger partial charge in [0.25, 0.3) is 0 Å². The number of anilines is 1. The summed E-state index contributed by atoms with van der Waals surface area (Å²) >= 11 is 1.73. The third kappa shape index (κ3) is 4.48. The Morgan fingerprint density at radius 3 is 2.50 bits per heavy atom. The molecule has 3 aromatic rings. The van der Waals surface area contributed by atoms with Crippen LogP contribution in [0.5, 0.6) is 11.5 Å². The zero-order chi connectivity index (χ0) is 23.5. The van der Waals surface area contributed by atoms with E-state index in [2.05, 4.69) is 44.4 Å². The van der Waals surface area contributed by atoms with Gasteiger partial charge in [0.05, 0.1) is 26.8 Å². The number of amides is 1. The number of fused-ring (bicyclic) bond motifs is 1. The zero-order valence-electron chi connectivity index (χ0n) is 19.6. The van der Waals surface area contributed by atoms with Crippen LogP contribution in [0.3, 0.4) is 0 Å². The van der Waals surface area contributed by atoms with Crippen LogP contribution in [0.4, 0.5) is 5.82 Å². The Balaban J connectivity index is 1.33. The van der Waals surface area contributed by atoms with Crippen LogP contribution in [0.1, 0.15) is 22.0 Å². The van der Waals surface area contributed by atoms with E-state index in [1.165, 1.54) is 16.0 Å². The van der Waals surface area contributed by atoms with Crippen LogP contribution in [0.15, 0.2) is 54.0 Å². The van der Waals surface area contributed by atoms with Gasteiger partial charge in [-0.3, -0.25) is 9.69 Å². The lowest BCUT2D eigenvalue weighted by Crippen LogP contribution is -2.52. The van der Waals surface area contributed by atoms with Crippen molar-refractivity contribution in [3.63, 3.8) is 0 Å². The highest BCUT2D eigenvalue weighted by atomic mass is 32.1. The lowest BCUT2D eigenvalue weighted by atomic mass is 9.90. The van der Waals surface area contributed by atoms with Gasteiger partial charge in [-0.15, -0.1) is 11.3 Å². The van der Waals surface area contributed by atoms with E-state index in [1.807, 2.05) is 29.3 Å². The van der Waals surface area contributed by atoms with Crippen molar-refractivity contribution in [3.8, 4) is 11.5 Å². The van der Waals surface area contributed by atoms with Crippen LogP contribution < -0.4 is 14.4 Å². The molecule has 1 atom stereocenters. The predicted octanol–water partition coefficient (Wildman–Crippen LogP) is 3.46. The van der Waals surface area contributed by atoms with E-state index < -0.39 is 0 Å². The number of hydrogen-bond donors (Lipinski definition) is 0. The van der Waals surface area contributed by atoms with Crippen molar-refractivity contribution in [2.75, 3.05) is 58.4 Å². The molecule has 0 radical (unpaired) electrons. The number of nitrogens with zero attached hydrogens (tertiary/aromatic N) is 4. The summed E-state index contributed by atoms with van der Waals surface area (Å²) in [5.41, 5.74) is 2.45. The van der Waals surface area contributed by atoms with Crippen molar-refractivity contribution < 1.29 is 14.3 Å². The average Bonchev–Trinajstić information content (AvgIpc) is 3.43. The molecule has 8 heteroatoms. The molecule has 7 nitrogen and oxygen atoms in total. The fraction of sp³-hybridized carbons (Fsp3) is 0.385. The van der Waals surface area contributed by atoms with Crippen LogP contribution in [0.25, 0.3) is 0 Å². The van der Waals surface area contributed by atoms with Crippen molar-refractivity contribution in [1.82, 2.24) is 14.8 Å². The Morgan fingerprint density at radius 2 is 1.82 bits per heavy atom. The number of thiophene rings is 1. The Morgan fingerprint density at radius 1 is 1.03 bits per heavy atom. The van der Waals surface area contributed by atoms with E-state index in [0.29, 0.717) is 19.6 Å². The minimum Gasteiger partial charge on any atom is -0.493 e. The SMILES string of the molecule is COc1cc2c(cc1OC)[C@@H](c1cccs1)N(CC(=O)N1CCN(c3ccccn3)CC1)CC2. The predicted molar refractivity (Wildman–Crippen MR) is 134 cm³/mol. The molecule has 0 bridgehead atoms. The lowest BCUT2D eigenvalue weighted by molar-refractivity contribution is -0.133. The summed E-state index contributed by atoms with van der Waals surface area (Å²) in [4.78, 5) is 25.6. The second-order valence-corrected chi connectivity index (χ2v) is 9.58. The molecule has 178 valence electrons. The Kier molecular flexibility index (Phi) is 6.69. The second-order valence-electron chi connectivity index (χ2n) is 8.60. The smallest absolute Gasteiger partial charge is 0.236 e. The van der Waals surface area contributed by atoms with Crippen molar-refractivity contribution in [3.05, 3.63) is 70.0 Å². The molecule has 1 amide bonds. The van der Waals surface area contributed by atoms with E-state index in [-0.39, 0.29) is 11.9 Å². The molecule has 1 aromatic carbocycles. The third-order valence-corrected chi connectivity index (χ3v) is 7.65. The largest absolute Gasteiger partial charge is 0.493 e. The van der Waals surface area contributed by atoms with E-state index >= 15 is 0 Å². The number of benzene rings is 1. The first-order chi connectivity index (χ1) is 16.7. The van der Waals surface area contributed by atoms with Gasteiger partial charge in [0.1, 0.15) is 5.82 Å². The fourth-order valence-electron chi connectivity index (χ4n) is 4.95. The van der Waals surface area contributed by atoms with Gasteiger partial charge < -0.3 is 19.3 Å². The van der Waals surface area contributed by atoms with Crippen molar-refractivity contribution in [2.45, 2.75) is 12.5 Å². The molecule has 0 aliphatic carbocycles. The number of aromatic nitrogens is 1. The van der Waals surface area contributed by atoms with Gasteiger partial charge >= 0.3 is 0 Å². The molecule has 2 aliphatic heterocycles. The van der Waals surface area contributed by atoms with E-state index in [9.17, 15) is 4.79 Å². The molecule has 34 heavy (non-hydrogen) atoms. The number of carbonyl (C=O) groups excluding carboxylic acids is 1. The quantitative estimate of drug-likeness (QED) is 0.541. The van der Waals surface area contributed by atoms with Gasteiger partial charge in [-0.25, -0.2) is 4.98 Å². The number of methoxy groups -OCH3 is 2. The maximum absolute atomic E-state index is 13.4. The number of ether oxygens (including phenoxy) is 2. The third-order valence-electron chi connectivity index (χ3n) is 6.73. The van der Waals surface area contributed by atoms with Crippen molar-refractivity contribution in [2.24, 2.45) is 0 Å². The molecule has 1 saturated heterocycles. The number of carbonyl (C=O) groups is 1. The summed E-state index contributed by atoms with van der Waals surface area (Å²) in [5.74, 6) is 2.64. The van der Waals surface area contributed by atoms with E-state index in [0.717, 1.165) is 43.4 Å². The highest BCUT2D eigenvalue weighted by molar-refractivity contribution is 7.10. The number of piperazine rings is 1. The van der Waals surface area contributed by atoms with Crippen LogP contribution in [-0.2, 0) is 11.2 Å². The summed E-state index contributed by atoms with van der Waals surface area (Å²) in [6.45, 7) is 4.27. The first kappa shape index (κ1) is 22.7. The fourth-order valence-corrected chi connectivity index (χ4v) is 5.82. The maximum Gasteiger partial charge on any atom is 0.236 e. The summed E-state index contributed by atoms with van der Waals surface area (Å²) in [6, 6.07) is 14.4. The highest BCUT2D eigenvalue weighted by Crippen LogP contribution is 2.42. The molecule has 4 heterocycles. The summed E-state index contributed by atoms with van der Waals surface area (Å²) < 4.78 is 11.1. The van der Waals surface area contributed by atoms with Crippen molar-refractivity contribution in [1.29, 1.82) is 0 Å². The summed E-state index contributed by atoms with van der Waals surface area (Å²) in [5, 5.41) is 2.10. The standard InChI is InChI=1S/C26H30N4O3S/c1-32-21-16-19-8-10-30(26(23-6-5-15-34-23)20(19)17-22(21)33-2)18-25(31)29-13-11-28(12-14-29)24-7-3-4-9-27-24/h3-7,9,15-17,26H,8,10-14,18H2,1-2H3/t26-/m0/s1. The van der Waals surface area contributed by atoms with Crippen LogP contribution in [0, 0.1) is 0 Å². The summed E-state index contributed by atoms with van der Waals surface area (Å²) in [6.07, 6.45) is 2.69. The van der Waals surface area contributed by atoms with Gasteiger partial charge in [0.15, 0.2) is 11.5 Å². The first-order valence-electron chi connectivity index (χ1n) is 11.6. The second kappa shape index (κ2) is 10.0. The van der Waals surface area contributed by atoms with Gasteiger partial charge in [-0.1, -0.05) is 12.1 Å².